The molecule has 2 aliphatic rings. The normalized spacial score (nSPS) is 20.4. The summed E-state index contributed by atoms with van der Waals surface area (Å²) < 4.78 is 6.54. The van der Waals surface area contributed by atoms with E-state index in [0.717, 1.165) is 6.08 Å². The number of hydrogen-bond acceptors (Lipinski definition) is 8. The van der Waals surface area contributed by atoms with Gasteiger partial charge in [0.2, 0.25) is 0 Å². The van der Waals surface area contributed by atoms with E-state index in [0.29, 0.717) is 14.6 Å². The third kappa shape index (κ3) is 3.27. The van der Waals surface area contributed by atoms with E-state index in [4.69, 9.17) is 4.74 Å². The van der Waals surface area contributed by atoms with Crippen molar-refractivity contribution < 1.29 is 34.4 Å². The fraction of sp³-hybridized carbons (Fsp3) is 0.208. The summed E-state index contributed by atoms with van der Waals surface area (Å²) in [5.41, 5.74) is -1.13. The number of aromatic hydroxyl groups is 3. The highest BCUT2D eigenvalue weighted by Gasteiger charge is 2.56. The van der Waals surface area contributed by atoms with Crippen molar-refractivity contribution in [1.82, 2.24) is 0 Å². The molecule has 0 aromatic heterocycles. The van der Waals surface area contributed by atoms with Crippen LogP contribution < -0.4 is 10.1 Å². The molecule has 10 heteroatoms. The van der Waals surface area contributed by atoms with Gasteiger partial charge in [-0.15, -0.1) is 0 Å². The molecule has 176 valence electrons. The van der Waals surface area contributed by atoms with Gasteiger partial charge in [-0.2, -0.15) is 0 Å². The fourth-order valence-electron chi connectivity index (χ4n) is 4.28. The predicted molar refractivity (Wildman–Crippen MR) is 130 cm³/mol. The number of allylic oxidation sites excluding steroid dienone is 4. The number of carbonyl (C=O) groups is 3. The highest BCUT2D eigenvalue weighted by atomic mass is 79.9. The molecule has 1 atom stereocenters. The van der Waals surface area contributed by atoms with Crippen LogP contribution in [-0.4, -0.2) is 32.7 Å². The van der Waals surface area contributed by atoms with Gasteiger partial charge in [-0.05, 0) is 71.7 Å². The van der Waals surface area contributed by atoms with Crippen LogP contribution in [0.4, 0.5) is 5.69 Å². The number of nitrogens with one attached hydrogen (secondary N) is 1. The number of Topliss-reactive ketones (excluding diaryl/α,β-unsaturated/α-hetero) is 2. The van der Waals surface area contributed by atoms with Crippen LogP contribution in [0, 0.1) is 6.92 Å². The maximum Gasteiger partial charge on any atom is 0.194 e. The zero-order chi connectivity index (χ0) is 25.3. The number of anilines is 1. The van der Waals surface area contributed by atoms with E-state index < -0.39 is 28.5 Å². The van der Waals surface area contributed by atoms with Crippen LogP contribution >= 0.6 is 31.9 Å². The van der Waals surface area contributed by atoms with Gasteiger partial charge in [-0.3, -0.25) is 14.4 Å². The second kappa shape index (κ2) is 7.99. The molecule has 0 saturated carbocycles. The number of phenols is 3. The summed E-state index contributed by atoms with van der Waals surface area (Å²) >= 11 is 6.47. The zero-order valence-corrected chi connectivity index (χ0v) is 21.6. The van der Waals surface area contributed by atoms with Gasteiger partial charge in [-0.1, -0.05) is 0 Å². The number of carbonyl (C=O) groups excluding carboxylic acids is 3. The third-order valence-electron chi connectivity index (χ3n) is 6.11. The Bertz CT molecular complexity index is 1380. The van der Waals surface area contributed by atoms with E-state index in [1.165, 1.54) is 20.8 Å². The molecule has 1 aliphatic carbocycles. The van der Waals surface area contributed by atoms with Crippen LogP contribution in [0.3, 0.4) is 0 Å². The van der Waals surface area contributed by atoms with E-state index in [1.807, 2.05) is 0 Å². The zero-order valence-electron chi connectivity index (χ0n) is 18.5. The van der Waals surface area contributed by atoms with Crippen LogP contribution in [0.15, 0.2) is 44.2 Å². The Morgan fingerprint density at radius 1 is 1.03 bits per heavy atom. The first-order chi connectivity index (χ1) is 15.8. The van der Waals surface area contributed by atoms with E-state index in [2.05, 4.69) is 37.2 Å². The molecule has 4 N–H and O–H groups in total. The Morgan fingerprint density at radius 3 is 2.18 bits per heavy atom. The van der Waals surface area contributed by atoms with E-state index in [9.17, 15) is 29.7 Å². The summed E-state index contributed by atoms with van der Waals surface area (Å²) in [6.07, 6.45) is 1.15. The van der Waals surface area contributed by atoms with Gasteiger partial charge in [0.15, 0.2) is 17.3 Å². The minimum absolute atomic E-state index is 0.00385. The van der Waals surface area contributed by atoms with Crippen molar-refractivity contribution in [2.75, 3.05) is 5.32 Å². The summed E-state index contributed by atoms with van der Waals surface area (Å²) in [6.45, 7) is 5.71. The number of ether oxygens (including phenoxy) is 1. The van der Waals surface area contributed by atoms with Gasteiger partial charge in [0.25, 0.3) is 0 Å². The summed E-state index contributed by atoms with van der Waals surface area (Å²) in [7, 11) is 0. The topological polar surface area (TPSA) is 133 Å². The molecule has 0 spiro atoms. The number of fused-ring (bicyclic) bond motifs is 3. The minimum Gasteiger partial charge on any atom is -0.507 e. The molecule has 1 aliphatic heterocycles. The fourth-order valence-corrected chi connectivity index (χ4v) is 5.47. The predicted octanol–water partition coefficient (Wildman–Crippen LogP) is 4.91. The van der Waals surface area contributed by atoms with Crippen molar-refractivity contribution >= 4 is 54.9 Å². The summed E-state index contributed by atoms with van der Waals surface area (Å²) in [6, 6.07) is 3.16. The van der Waals surface area contributed by atoms with Gasteiger partial charge in [0, 0.05) is 23.0 Å². The Kier molecular flexibility index (Phi) is 5.64. The first-order valence-corrected chi connectivity index (χ1v) is 11.6. The van der Waals surface area contributed by atoms with Crippen molar-refractivity contribution in [3.63, 3.8) is 0 Å². The van der Waals surface area contributed by atoms with Crippen LogP contribution in [-0.2, 0) is 15.0 Å². The third-order valence-corrected chi connectivity index (χ3v) is 7.32. The van der Waals surface area contributed by atoms with Crippen molar-refractivity contribution in [3.8, 4) is 23.0 Å². The van der Waals surface area contributed by atoms with Crippen molar-refractivity contribution in [2.45, 2.75) is 33.1 Å². The van der Waals surface area contributed by atoms with Gasteiger partial charge in [0.1, 0.15) is 39.7 Å². The molecule has 4 rings (SSSR count). The lowest BCUT2D eigenvalue weighted by molar-refractivity contribution is -0.123. The van der Waals surface area contributed by atoms with E-state index >= 15 is 0 Å². The Morgan fingerprint density at radius 2 is 1.62 bits per heavy atom. The quantitative estimate of drug-likeness (QED) is 0.171. The average Bonchev–Trinajstić information content (AvgIpc) is 3.03. The van der Waals surface area contributed by atoms with Crippen molar-refractivity contribution in [1.29, 1.82) is 0 Å². The number of hydrogen-bond donors (Lipinski definition) is 4. The molecule has 0 bridgehead atoms. The van der Waals surface area contributed by atoms with Gasteiger partial charge < -0.3 is 25.4 Å². The number of rotatable bonds is 3. The van der Waals surface area contributed by atoms with Gasteiger partial charge in [0.05, 0.1) is 20.1 Å². The molecule has 2 aromatic carbocycles. The molecular formula is C24H19Br2NO7. The maximum atomic E-state index is 13.8. The molecular weight excluding hydrogens is 574 g/mol. The highest BCUT2D eigenvalue weighted by Crippen LogP contribution is 2.57. The molecule has 0 unspecified atom stereocenters. The second-order valence-electron chi connectivity index (χ2n) is 8.30. The van der Waals surface area contributed by atoms with Gasteiger partial charge >= 0.3 is 0 Å². The van der Waals surface area contributed by atoms with Crippen LogP contribution in [0.1, 0.15) is 42.3 Å². The molecule has 1 heterocycles. The summed E-state index contributed by atoms with van der Waals surface area (Å²) in [5.74, 6) is -2.77. The van der Waals surface area contributed by atoms with Crippen LogP contribution in [0.5, 0.6) is 23.0 Å². The monoisotopic (exact) mass is 591 g/mol. The van der Waals surface area contributed by atoms with Crippen LogP contribution in [0.25, 0.3) is 0 Å². The summed E-state index contributed by atoms with van der Waals surface area (Å²) in [5, 5.41) is 34.2. The minimum atomic E-state index is -1.59. The number of benzene rings is 2. The molecule has 0 amide bonds. The van der Waals surface area contributed by atoms with Crippen molar-refractivity contribution in [3.05, 3.63) is 60.9 Å². The number of halogens is 2. The molecule has 0 saturated heterocycles. The maximum absolute atomic E-state index is 13.8. The largest absolute Gasteiger partial charge is 0.507 e. The Hall–Kier alpha value is -3.11. The summed E-state index contributed by atoms with van der Waals surface area (Å²) in [4.78, 5) is 39.0. The second-order valence-corrected chi connectivity index (χ2v) is 10.0. The molecule has 2 aromatic rings. The highest BCUT2D eigenvalue weighted by molar-refractivity contribution is 9.11. The average molecular weight is 593 g/mol. The lowest BCUT2D eigenvalue weighted by atomic mass is 9.70. The Balaban J connectivity index is 1.90. The number of ketones is 3. The first-order valence-electron chi connectivity index (χ1n) is 10.1. The lowest BCUT2D eigenvalue weighted by Crippen LogP contribution is -2.40. The number of phenolic OH excluding ortho intramolecular Hbond substituents is 3. The molecule has 34 heavy (non-hydrogen) atoms. The lowest BCUT2D eigenvalue weighted by Gasteiger charge is -2.29. The standard InChI is InChI=1S/C24H19Br2NO7/c1-8-19(30)17(10(3)28)22-18(20(8)31)24(4)15(34-22)7-14(29)16(23(24)33)9(2)27-11-5-12(25)21(32)13(26)6-11/h5-7,27,30-32H,1-4H3/t24-/m0/s1. The SMILES string of the molecule is CC(=O)c1c(O)c(C)c(O)c2c1OC1=CC(=O)C(=C(C)Nc3cc(Br)c(O)c(Br)c3)C(=O)[C@@]12C. The van der Waals surface area contributed by atoms with E-state index in [-0.39, 0.29) is 51.0 Å². The van der Waals surface area contributed by atoms with E-state index in [1.54, 1.807) is 19.1 Å². The molecule has 8 nitrogen and oxygen atoms in total. The molecule has 0 fully saturated rings. The smallest absolute Gasteiger partial charge is 0.194 e. The van der Waals surface area contributed by atoms with Gasteiger partial charge in [-0.25, -0.2) is 0 Å². The Labute approximate surface area is 211 Å². The van der Waals surface area contributed by atoms with Crippen molar-refractivity contribution in [2.24, 2.45) is 0 Å². The first kappa shape index (κ1) is 24.0. The molecule has 0 radical (unpaired) electrons. The van der Waals surface area contributed by atoms with Crippen LogP contribution in [0.2, 0.25) is 0 Å².